The van der Waals surface area contributed by atoms with Crippen molar-refractivity contribution < 1.29 is 10.0 Å². The predicted octanol–water partition coefficient (Wildman–Crippen LogP) is 1.63. The van der Waals surface area contributed by atoms with Crippen LogP contribution >= 0.6 is 0 Å². The van der Waals surface area contributed by atoms with Crippen LogP contribution in [-0.4, -0.2) is 30.3 Å². The number of hydrogen-bond donors (Lipinski definition) is 2. The van der Waals surface area contributed by atoms with E-state index in [1.165, 1.54) is 64.5 Å². The molecular formula is C17H30NO+. The number of quaternary nitrogens is 1. The van der Waals surface area contributed by atoms with Crippen LogP contribution in [0.4, 0.5) is 0 Å². The van der Waals surface area contributed by atoms with E-state index in [0.717, 1.165) is 17.8 Å². The minimum Gasteiger partial charge on any atom is -0.386 e. The number of aliphatic hydroxyl groups is 1. The van der Waals surface area contributed by atoms with Crippen molar-refractivity contribution >= 4 is 0 Å². The lowest BCUT2D eigenvalue weighted by Crippen LogP contribution is -3.15. The Labute approximate surface area is 117 Å². The molecule has 0 aromatic carbocycles. The molecule has 0 amide bonds. The van der Waals surface area contributed by atoms with Crippen LogP contribution in [0.1, 0.15) is 58.3 Å². The molecule has 19 heavy (non-hydrogen) atoms. The van der Waals surface area contributed by atoms with Crippen LogP contribution in [0, 0.1) is 23.2 Å². The Morgan fingerprint density at radius 1 is 0.947 bits per heavy atom. The van der Waals surface area contributed by atoms with Crippen LogP contribution in [0.2, 0.25) is 0 Å². The lowest BCUT2D eigenvalue weighted by molar-refractivity contribution is -0.916. The Hall–Kier alpha value is -0.0800. The van der Waals surface area contributed by atoms with Crippen molar-refractivity contribution in [3.05, 3.63) is 0 Å². The van der Waals surface area contributed by atoms with Crippen LogP contribution < -0.4 is 4.90 Å². The minimum absolute atomic E-state index is 0.0333. The molecule has 1 saturated heterocycles. The standard InChI is InChI=1S/C17H29NO/c1-12(18-4-2-3-5-18)16(19)17-9-13-6-14(10-17)8-15(7-13)11-17/h12-16,19H,2-11H2,1H3/p+1/t12-,13?,14?,15?,16+,17?/m1/s1. The molecular weight excluding hydrogens is 234 g/mol. The zero-order chi connectivity index (χ0) is 13.0. The topological polar surface area (TPSA) is 24.7 Å². The Morgan fingerprint density at radius 3 is 1.89 bits per heavy atom. The van der Waals surface area contributed by atoms with E-state index in [9.17, 15) is 5.11 Å². The first-order valence-electron chi connectivity index (χ1n) is 8.69. The molecule has 5 aliphatic rings. The van der Waals surface area contributed by atoms with Gasteiger partial charge in [-0.15, -0.1) is 0 Å². The summed E-state index contributed by atoms with van der Waals surface area (Å²) in [7, 11) is 0. The summed E-state index contributed by atoms with van der Waals surface area (Å²) in [5, 5.41) is 11.1. The van der Waals surface area contributed by atoms with Crippen LogP contribution in [0.5, 0.6) is 0 Å². The van der Waals surface area contributed by atoms with Gasteiger partial charge in [-0.3, -0.25) is 0 Å². The Balaban J connectivity index is 1.53. The van der Waals surface area contributed by atoms with E-state index in [-0.39, 0.29) is 6.10 Å². The fourth-order valence-corrected chi connectivity index (χ4v) is 6.58. The van der Waals surface area contributed by atoms with Crippen molar-refractivity contribution in [2.45, 2.75) is 70.4 Å². The number of likely N-dealkylation sites (tertiary alicyclic amines) is 1. The van der Waals surface area contributed by atoms with Crippen LogP contribution in [0.3, 0.4) is 0 Å². The van der Waals surface area contributed by atoms with Gasteiger partial charge in [0.15, 0.2) is 0 Å². The van der Waals surface area contributed by atoms with Gasteiger partial charge in [0.05, 0.1) is 13.1 Å². The van der Waals surface area contributed by atoms with Crippen molar-refractivity contribution in [1.29, 1.82) is 0 Å². The van der Waals surface area contributed by atoms with E-state index in [4.69, 9.17) is 0 Å². The zero-order valence-corrected chi connectivity index (χ0v) is 12.4. The van der Waals surface area contributed by atoms with Crippen LogP contribution in [-0.2, 0) is 0 Å². The van der Waals surface area contributed by atoms with Gasteiger partial charge < -0.3 is 10.0 Å². The third-order valence-corrected chi connectivity index (χ3v) is 7.08. The maximum Gasteiger partial charge on any atom is 0.111 e. The average Bonchev–Trinajstić information content (AvgIpc) is 2.89. The average molecular weight is 264 g/mol. The summed E-state index contributed by atoms with van der Waals surface area (Å²) in [6, 6.07) is 0.471. The van der Waals surface area contributed by atoms with Gasteiger partial charge >= 0.3 is 0 Å². The first-order chi connectivity index (χ1) is 9.16. The Bertz CT molecular complexity index is 312. The maximum atomic E-state index is 11.1. The number of aliphatic hydroxyl groups excluding tert-OH is 1. The molecule has 2 atom stereocenters. The third kappa shape index (κ3) is 1.98. The summed E-state index contributed by atoms with van der Waals surface area (Å²) in [5.41, 5.74) is 0.323. The minimum atomic E-state index is -0.0333. The third-order valence-electron chi connectivity index (χ3n) is 7.08. The van der Waals surface area contributed by atoms with Gasteiger partial charge in [0, 0.05) is 18.3 Å². The van der Waals surface area contributed by atoms with E-state index in [0.29, 0.717) is 11.5 Å². The molecule has 0 radical (unpaired) electrons. The highest BCUT2D eigenvalue weighted by Gasteiger charge is 2.56. The van der Waals surface area contributed by atoms with Crippen molar-refractivity contribution in [3.63, 3.8) is 0 Å². The molecule has 0 aromatic heterocycles. The number of nitrogens with one attached hydrogen (secondary N) is 1. The van der Waals surface area contributed by atoms with Crippen molar-refractivity contribution in [1.82, 2.24) is 0 Å². The molecule has 0 spiro atoms. The van der Waals surface area contributed by atoms with Crippen LogP contribution in [0.15, 0.2) is 0 Å². The smallest absolute Gasteiger partial charge is 0.111 e. The predicted molar refractivity (Wildman–Crippen MR) is 76.0 cm³/mol. The largest absolute Gasteiger partial charge is 0.386 e. The van der Waals surface area contributed by atoms with Crippen molar-refractivity contribution in [3.8, 4) is 0 Å². The second-order valence-corrected chi connectivity index (χ2v) is 8.38. The highest BCUT2D eigenvalue weighted by atomic mass is 16.3. The van der Waals surface area contributed by atoms with Gasteiger partial charge in [-0.25, -0.2) is 0 Å². The van der Waals surface area contributed by atoms with E-state index in [2.05, 4.69) is 6.92 Å². The fourth-order valence-electron chi connectivity index (χ4n) is 6.58. The van der Waals surface area contributed by atoms with Gasteiger partial charge in [-0.2, -0.15) is 0 Å². The fraction of sp³-hybridized carbons (Fsp3) is 1.00. The van der Waals surface area contributed by atoms with Gasteiger partial charge in [0.1, 0.15) is 12.1 Å². The molecule has 4 bridgehead atoms. The normalized spacial score (nSPS) is 48.6. The lowest BCUT2D eigenvalue weighted by atomic mass is 9.47. The molecule has 108 valence electrons. The molecule has 4 saturated carbocycles. The summed E-state index contributed by atoms with van der Waals surface area (Å²) < 4.78 is 0. The van der Waals surface area contributed by atoms with Gasteiger partial charge in [0.25, 0.3) is 0 Å². The number of rotatable bonds is 3. The summed E-state index contributed by atoms with van der Waals surface area (Å²) in [4.78, 5) is 1.68. The maximum absolute atomic E-state index is 11.1. The molecule has 2 nitrogen and oxygen atoms in total. The molecule has 2 N–H and O–H groups in total. The van der Waals surface area contributed by atoms with E-state index in [1.807, 2.05) is 0 Å². The molecule has 5 rings (SSSR count). The first kappa shape index (κ1) is 12.6. The summed E-state index contributed by atoms with van der Waals surface area (Å²) in [6.45, 7) is 4.92. The second kappa shape index (κ2) is 4.46. The van der Waals surface area contributed by atoms with Gasteiger partial charge in [-0.1, -0.05) is 0 Å². The van der Waals surface area contributed by atoms with Gasteiger partial charge in [0.2, 0.25) is 0 Å². The quantitative estimate of drug-likeness (QED) is 0.796. The summed E-state index contributed by atoms with van der Waals surface area (Å²) in [5.74, 6) is 2.88. The molecule has 2 heteroatoms. The van der Waals surface area contributed by atoms with Crippen molar-refractivity contribution in [2.24, 2.45) is 23.2 Å². The molecule has 0 aromatic rings. The zero-order valence-electron chi connectivity index (χ0n) is 12.4. The lowest BCUT2D eigenvalue weighted by Gasteiger charge is -2.59. The molecule has 1 aliphatic heterocycles. The van der Waals surface area contributed by atoms with E-state index < -0.39 is 0 Å². The van der Waals surface area contributed by atoms with E-state index >= 15 is 0 Å². The SMILES string of the molecule is C[C@H]([C@H](O)C12CC3CC(CC(C3)C1)C2)[NH+]1CCCC1. The van der Waals surface area contributed by atoms with Gasteiger partial charge in [-0.05, 0) is 63.2 Å². The molecule has 5 fully saturated rings. The highest BCUT2D eigenvalue weighted by Crippen LogP contribution is 2.61. The highest BCUT2D eigenvalue weighted by molar-refractivity contribution is 5.05. The van der Waals surface area contributed by atoms with Crippen LogP contribution in [0.25, 0.3) is 0 Å². The summed E-state index contributed by atoms with van der Waals surface area (Å²) >= 11 is 0. The molecule has 1 heterocycles. The number of hydrogen-bond acceptors (Lipinski definition) is 1. The Kier molecular flexibility index (Phi) is 2.97. The summed E-state index contributed by atoms with van der Waals surface area (Å²) in [6.07, 6.45) is 11.2. The van der Waals surface area contributed by atoms with Crippen molar-refractivity contribution in [2.75, 3.05) is 13.1 Å². The van der Waals surface area contributed by atoms with E-state index in [1.54, 1.807) is 4.90 Å². The molecule has 0 unspecified atom stereocenters. The second-order valence-electron chi connectivity index (χ2n) is 8.38. The monoisotopic (exact) mass is 264 g/mol. The molecule has 4 aliphatic carbocycles. The Morgan fingerprint density at radius 2 is 1.42 bits per heavy atom. The first-order valence-corrected chi connectivity index (χ1v) is 8.69.